The van der Waals surface area contributed by atoms with Gasteiger partial charge in [0.2, 0.25) is 0 Å². The number of rotatable bonds is 3. The van der Waals surface area contributed by atoms with Crippen LogP contribution in [0.2, 0.25) is 0 Å². The monoisotopic (exact) mass is 196 g/mol. The molecule has 0 spiro atoms. The normalized spacial score (nSPS) is 21.3. The van der Waals surface area contributed by atoms with Crippen molar-refractivity contribution in [2.45, 2.75) is 25.3 Å². The maximum atomic E-state index is 10.5. The van der Waals surface area contributed by atoms with Gasteiger partial charge in [-0.2, -0.15) is 0 Å². The Morgan fingerprint density at radius 2 is 2.64 bits per heavy atom. The van der Waals surface area contributed by atoms with Crippen molar-refractivity contribution in [1.82, 2.24) is 10.3 Å². The molecule has 0 amide bonds. The SMILES string of the molecule is O=C(O)c1coc(CC2CCCN2)n1. The maximum absolute atomic E-state index is 10.5. The first-order valence-electron chi connectivity index (χ1n) is 4.67. The number of nitrogens with one attached hydrogen (secondary N) is 1. The Hall–Kier alpha value is -1.36. The Morgan fingerprint density at radius 3 is 3.21 bits per heavy atom. The van der Waals surface area contributed by atoms with E-state index in [0.717, 1.165) is 19.4 Å². The number of oxazole rings is 1. The topological polar surface area (TPSA) is 75.4 Å². The molecule has 0 saturated carbocycles. The number of carboxylic acids is 1. The minimum Gasteiger partial charge on any atom is -0.476 e. The molecule has 0 radical (unpaired) electrons. The molecule has 1 aromatic heterocycles. The van der Waals surface area contributed by atoms with Crippen molar-refractivity contribution in [3.63, 3.8) is 0 Å². The van der Waals surface area contributed by atoms with Crippen molar-refractivity contribution in [2.24, 2.45) is 0 Å². The molecule has 1 aliphatic rings. The molecule has 1 fully saturated rings. The summed E-state index contributed by atoms with van der Waals surface area (Å²) in [6.45, 7) is 1.02. The van der Waals surface area contributed by atoms with Gasteiger partial charge in [-0.25, -0.2) is 9.78 Å². The number of hydrogen-bond acceptors (Lipinski definition) is 4. The van der Waals surface area contributed by atoms with Crippen LogP contribution in [0.5, 0.6) is 0 Å². The van der Waals surface area contributed by atoms with Gasteiger partial charge in [0.25, 0.3) is 0 Å². The van der Waals surface area contributed by atoms with Gasteiger partial charge in [0, 0.05) is 12.5 Å². The number of carbonyl (C=O) groups is 1. The largest absolute Gasteiger partial charge is 0.476 e. The van der Waals surface area contributed by atoms with E-state index >= 15 is 0 Å². The fourth-order valence-corrected chi connectivity index (χ4v) is 1.64. The lowest BCUT2D eigenvalue weighted by Gasteiger charge is -2.05. The second-order valence-corrected chi connectivity index (χ2v) is 3.43. The van der Waals surface area contributed by atoms with Gasteiger partial charge < -0.3 is 14.8 Å². The fraction of sp³-hybridized carbons (Fsp3) is 0.556. The van der Waals surface area contributed by atoms with Crippen molar-refractivity contribution >= 4 is 5.97 Å². The summed E-state index contributed by atoms with van der Waals surface area (Å²) in [7, 11) is 0. The predicted octanol–water partition coefficient (Wildman–Crippen LogP) is 0.667. The highest BCUT2D eigenvalue weighted by Gasteiger charge is 2.18. The van der Waals surface area contributed by atoms with Crippen LogP contribution in [0.15, 0.2) is 10.7 Å². The Kier molecular flexibility index (Phi) is 2.49. The second kappa shape index (κ2) is 3.79. The average molecular weight is 196 g/mol. The van der Waals surface area contributed by atoms with E-state index in [1.165, 1.54) is 6.26 Å². The smallest absolute Gasteiger partial charge is 0.357 e. The van der Waals surface area contributed by atoms with E-state index in [1.807, 2.05) is 0 Å². The number of aromatic carboxylic acids is 1. The molecule has 0 aliphatic carbocycles. The van der Waals surface area contributed by atoms with Gasteiger partial charge in [-0.15, -0.1) is 0 Å². The summed E-state index contributed by atoms with van der Waals surface area (Å²) in [5, 5.41) is 11.9. The van der Waals surface area contributed by atoms with E-state index in [9.17, 15) is 4.79 Å². The summed E-state index contributed by atoms with van der Waals surface area (Å²) in [4.78, 5) is 14.4. The van der Waals surface area contributed by atoms with Crippen LogP contribution in [0.1, 0.15) is 29.2 Å². The minimum absolute atomic E-state index is 0.0157. The molecule has 1 aliphatic heterocycles. The predicted molar refractivity (Wildman–Crippen MR) is 48.2 cm³/mol. The van der Waals surface area contributed by atoms with E-state index < -0.39 is 5.97 Å². The van der Waals surface area contributed by atoms with Gasteiger partial charge >= 0.3 is 5.97 Å². The molecule has 1 unspecified atom stereocenters. The molecule has 14 heavy (non-hydrogen) atoms. The highest BCUT2D eigenvalue weighted by Crippen LogP contribution is 2.11. The summed E-state index contributed by atoms with van der Waals surface area (Å²) < 4.78 is 5.06. The molecular formula is C9H12N2O3. The number of aromatic nitrogens is 1. The molecule has 0 bridgehead atoms. The third-order valence-electron chi connectivity index (χ3n) is 2.35. The van der Waals surface area contributed by atoms with Crippen molar-refractivity contribution < 1.29 is 14.3 Å². The van der Waals surface area contributed by atoms with E-state index in [-0.39, 0.29) is 5.69 Å². The van der Waals surface area contributed by atoms with Crippen LogP contribution in [0.25, 0.3) is 0 Å². The highest BCUT2D eigenvalue weighted by molar-refractivity contribution is 5.84. The van der Waals surface area contributed by atoms with Crippen molar-refractivity contribution in [1.29, 1.82) is 0 Å². The van der Waals surface area contributed by atoms with E-state index in [1.54, 1.807) is 0 Å². The van der Waals surface area contributed by atoms with Gasteiger partial charge in [-0.1, -0.05) is 0 Å². The summed E-state index contributed by atoms with van der Waals surface area (Å²) >= 11 is 0. The first kappa shape index (κ1) is 9.21. The maximum Gasteiger partial charge on any atom is 0.357 e. The third-order valence-corrected chi connectivity index (χ3v) is 2.35. The lowest BCUT2D eigenvalue weighted by atomic mass is 10.1. The van der Waals surface area contributed by atoms with Crippen molar-refractivity contribution in [2.75, 3.05) is 6.54 Å². The number of carboxylic acid groups (broad SMARTS) is 1. The fourth-order valence-electron chi connectivity index (χ4n) is 1.64. The van der Waals surface area contributed by atoms with Crippen LogP contribution < -0.4 is 5.32 Å². The Morgan fingerprint density at radius 1 is 1.79 bits per heavy atom. The summed E-state index contributed by atoms with van der Waals surface area (Å²) in [5.41, 5.74) is -0.0157. The van der Waals surface area contributed by atoms with Crippen LogP contribution in [0.3, 0.4) is 0 Å². The quantitative estimate of drug-likeness (QED) is 0.743. The van der Waals surface area contributed by atoms with Crippen molar-refractivity contribution in [3.05, 3.63) is 17.8 Å². The van der Waals surface area contributed by atoms with Crippen LogP contribution in [0.4, 0.5) is 0 Å². The highest BCUT2D eigenvalue weighted by atomic mass is 16.4. The minimum atomic E-state index is -1.04. The van der Waals surface area contributed by atoms with Crippen LogP contribution in [-0.2, 0) is 6.42 Å². The lowest BCUT2D eigenvalue weighted by Crippen LogP contribution is -2.23. The zero-order valence-electron chi connectivity index (χ0n) is 7.69. The Bertz CT molecular complexity index is 329. The third kappa shape index (κ3) is 1.93. The Labute approximate surface area is 81.1 Å². The zero-order valence-corrected chi connectivity index (χ0v) is 7.69. The van der Waals surface area contributed by atoms with Gasteiger partial charge in [-0.05, 0) is 19.4 Å². The van der Waals surface area contributed by atoms with Crippen LogP contribution in [-0.4, -0.2) is 28.6 Å². The average Bonchev–Trinajstić information content (AvgIpc) is 2.75. The van der Waals surface area contributed by atoms with Gasteiger partial charge in [-0.3, -0.25) is 0 Å². The van der Waals surface area contributed by atoms with E-state index in [2.05, 4.69) is 10.3 Å². The van der Waals surface area contributed by atoms with E-state index in [0.29, 0.717) is 18.4 Å². The molecule has 1 saturated heterocycles. The molecule has 0 aromatic carbocycles. The number of hydrogen-bond donors (Lipinski definition) is 2. The number of nitrogens with zero attached hydrogens (tertiary/aromatic N) is 1. The van der Waals surface area contributed by atoms with Crippen LogP contribution in [0, 0.1) is 0 Å². The first-order valence-corrected chi connectivity index (χ1v) is 4.67. The molecule has 5 heteroatoms. The first-order chi connectivity index (χ1) is 6.75. The van der Waals surface area contributed by atoms with Crippen LogP contribution >= 0.6 is 0 Å². The van der Waals surface area contributed by atoms with Gasteiger partial charge in [0.05, 0.1) is 0 Å². The zero-order chi connectivity index (χ0) is 9.97. The summed E-state index contributed by atoms with van der Waals surface area (Å²) in [5.74, 6) is -0.541. The molecule has 2 heterocycles. The molecule has 2 rings (SSSR count). The molecule has 2 N–H and O–H groups in total. The van der Waals surface area contributed by atoms with Crippen molar-refractivity contribution in [3.8, 4) is 0 Å². The molecular weight excluding hydrogens is 184 g/mol. The summed E-state index contributed by atoms with van der Waals surface area (Å²) in [6, 6.07) is 0.385. The van der Waals surface area contributed by atoms with Gasteiger partial charge in [0.1, 0.15) is 6.26 Å². The van der Waals surface area contributed by atoms with E-state index in [4.69, 9.17) is 9.52 Å². The molecule has 1 aromatic rings. The van der Waals surface area contributed by atoms with Gasteiger partial charge in [0.15, 0.2) is 11.6 Å². The molecule has 76 valence electrons. The standard InChI is InChI=1S/C9H12N2O3/c12-9(13)7-5-14-8(11-7)4-6-2-1-3-10-6/h5-6,10H,1-4H2,(H,12,13). The molecule has 1 atom stereocenters. The molecule has 5 nitrogen and oxygen atoms in total. The second-order valence-electron chi connectivity index (χ2n) is 3.43. The Balaban J connectivity index is 1.98. The summed E-state index contributed by atoms with van der Waals surface area (Å²) in [6.07, 6.45) is 4.13. The lowest BCUT2D eigenvalue weighted by molar-refractivity contribution is 0.0690.